The van der Waals surface area contributed by atoms with E-state index in [0.29, 0.717) is 0 Å². The SMILES string of the molecule is Cn1c2ccccc2c2c3sc4ccccc4c3ccc21.Cn1c2ccccc2c2cc3c(cc21)-c1ccccc1C3.Cn1c2ccccc2c2cc3c(cc21)oc1ccccc13.Cn1c2ccccc2c2ccc3c4ccccc4oc3c21.Cn1c2ccccc2c2ccc3oc4ccccc4c3c21. The summed E-state index contributed by atoms with van der Waals surface area (Å²) in [5, 5.41) is 23.0. The Hall–Kier alpha value is -13.1. The lowest BCUT2D eigenvalue weighted by Gasteiger charge is -2.03. The highest BCUT2D eigenvalue weighted by atomic mass is 32.1. The van der Waals surface area contributed by atoms with Gasteiger partial charge in [-0.3, -0.25) is 0 Å². The smallest absolute Gasteiger partial charge is 0.159 e. The second kappa shape index (κ2) is 23.5. The van der Waals surface area contributed by atoms with E-state index in [9.17, 15) is 0 Å². The quantitative estimate of drug-likeness (QED) is 0.152. The Balaban J connectivity index is 0.0000000846. The Morgan fingerprint density at radius 2 is 0.686 bits per heavy atom. The molecule has 500 valence electrons. The third-order valence-corrected chi connectivity index (χ3v) is 23.7. The molecule has 8 nitrogen and oxygen atoms in total. The van der Waals surface area contributed by atoms with Crippen LogP contribution in [0.1, 0.15) is 11.1 Å². The summed E-state index contributed by atoms with van der Waals surface area (Å²) in [5.41, 5.74) is 24.1. The van der Waals surface area contributed by atoms with Gasteiger partial charge in [0.2, 0.25) is 0 Å². The van der Waals surface area contributed by atoms with Crippen LogP contribution in [0.5, 0.6) is 0 Å². The fourth-order valence-corrected chi connectivity index (χ4v) is 18.8. The lowest BCUT2D eigenvalue weighted by molar-refractivity contribution is 0.669. The van der Waals surface area contributed by atoms with E-state index < -0.39 is 0 Å². The van der Waals surface area contributed by atoms with Crippen LogP contribution in [0.25, 0.3) is 206 Å². The second-order valence-electron chi connectivity index (χ2n) is 28.0. The number of aryl methyl sites for hydroxylation is 5. The molecule has 0 aliphatic heterocycles. The molecule has 0 saturated heterocycles. The standard InChI is InChI=1S/C20H15N.3C19H13NO.C19H13NS/c1-21-19-9-5-4-8-16(19)18-11-14-10-13-6-2-3-7-15(13)17(14)12-20(18)21;1-20-16-8-4-2-6-12(16)14-10-15-13-7-3-5-9-18(13)21-19(15)11-17(14)20;1-20-15-8-4-2-6-12(15)13-10-11-17-18(19(13)20)14-7-3-5-9-16(14)21-17;1-20-16-8-4-2-6-12(16)14-10-11-15-13-7-3-5-9-17(13)21-19(15)18(14)20;1-20-15-8-4-2-7-14(15)18-16(20)11-10-13-12-6-3-5-9-17(12)21-19(13)18/h2-9,11-12H,10H2,1H3;4*2-11H,1H3. The molecule has 24 aromatic rings. The Morgan fingerprint density at radius 3 is 1.36 bits per heavy atom. The zero-order valence-electron chi connectivity index (χ0n) is 58.4. The second-order valence-corrected chi connectivity index (χ2v) is 29.1. The van der Waals surface area contributed by atoms with E-state index in [1.54, 1.807) is 0 Å². The fourth-order valence-electron chi connectivity index (χ4n) is 17.5. The van der Waals surface area contributed by atoms with Gasteiger partial charge < -0.3 is 36.1 Å². The van der Waals surface area contributed by atoms with E-state index >= 15 is 0 Å². The van der Waals surface area contributed by atoms with E-state index in [1.165, 1.54) is 184 Å². The largest absolute Gasteiger partial charge is 0.456 e. The molecule has 1 aliphatic carbocycles. The molecule has 0 fully saturated rings. The van der Waals surface area contributed by atoms with E-state index in [4.69, 9.17) is 13.3 Å². The molecule has 9 heterocycles. The van der Waals surface area contributed by atoms with Crippen LogP contribution in [0, 0.1) is 0 Å². The first-order chi connectivity index (χ1) is 51.7. The van der Waals surface area contributed by atoms with E-state index in [0.717, 1.165) is 39.9 Å². The van der Waals surface area contributed by atoms with Crippen molar-refractivity contribution in [1.82, 2.24) is 22.8 Å². The monoisotopic (exact) mass is 1370 g/mol. The highest BCUT2D eigenvalue weighted by Crippen LogP contribution is 2.46. The summed E-state index contributed by atoms with van der Waals surface area (Å²) in [6, 6.07) is 107. The molecule has 0 N–H and O–H groups in total. The summed E-state index contributed by atoms with van der Waals surface area (Å²) in [6.45, 7) is 0. The van der Waals surface area contributed by atoms with Crippen LogP contribution >= 0.6 is 11.3 Å². The van der Waals surface area contributed by atoms with Crippen LogP contribution in [-0.4, -0.2) is 22.8 Å². The van der Waals surface area contributed by atoms with Gasteiger partial charge in [0, 0.05) is 175 Å². The van der Waals surface area contributed by atoms with Gasteiger partial charge in [0.1, 0.15) is 27.9 Å². The summed E-state index contributed by atoms with van der Waals surface area (Å²) in [5.74, 6) is 0. The normalized spacial score (nSPS) is 12.2. The van der Waals surface area contributed by atoms with Gasteiger partial charge in [0.25, 0.3) is 0 Å². The highest BCUT2D eigenvalue weighted by molar-refractivity contribution is 7.26. The molecule has 25 rings (SSSR count). The van der Waals surface area contributed by atoms with Gasteiger partial charge in [-0.2, -0.15) is 0 Å². The molecule has 0 amide bonds. The van der Waals surface area contributed by atoms with Gasteiger partial charge >= 0.3 is 0 Å². The van der Waals surface area contributed by atoms with Crippen molar-refractivity contribution in [2.45, 2.75) is 6.42 Å². The van der Waals surface area contributed by atoms with E-state index in [2.05, 4.69) is 325 Å². The third-order valence-electron chi connectivity index (χ3n) is 22.5. The number of benzene rings is 15. The van der Waals surface area contributed by atoms with Crippen LogP contribution in [-0.2, 0) is 41.7 Å². The number of thiophene rings is 1. The van der Waals surface area contributed by atoms with Crippen LogP contribution in [0.4, 0.5) is 0 Å². The Bertz CT molecular complexity index is 7680. The molecule has 0 unspecified atom stereocenters. The minimum Gasteiger partial charge on any atom is -0.456 e. The predicted molar refractivity (Wildman–Crippen MR) is 445 cm³/mol. The van der Waals surface area contributed by atoms with Gasteiger partial charge in [-0.05, 0) is 126 Å². The molecule has 0 radical (unpaired) electrons. The number of nitrogens with zero attached hydrogens (tertiary/aromatic N) is 5. The average molecular weight is 1370 g/mol. The molecule has 0 atom stereocenters. The van der Waals surface area contributed by atoms with Crippen molar-refractivity contribution in [2.75, 3.05) is 0 Å². The first-order valence-electron chi connectivity index (χ1n) is 35.9. The van der Waals surface area contributed by atoms with Crippen LogP contribution in [0.3, 0.4) is 0 Å². The van der Waals surface area contributed by atoms with Gasteiger partial charge in [-0.1, -0.05) is 200 Å². The zero-order valence-corrected chi connectivity index (χ0v) is 59.3. The summed E-state index contributed by atoms with van der Waals surface area (Å²) in [4.78, 5) is 0. The number of hydrogen-bond acceptors (Lipinski definition) is 4. The van der Waals surface area contributed by atoms with Crippen molar-refractivity contribution in [3.63, 3.8) is 0 Å². The Morgan fingerprint density at radius 1 is 0.238 bits per heavy atom. The van der Waals surface area contributed by atoms with Crippen LogP contribution < -0.4 is 0 Å². The number of hydrogen-bond donors (Lipinski definition) is 0. The van der Waals surface area contributed by atoms with Crippen molar-refractivity contribution in [2.24, 2.45) is 35.2 Å². The molecule has 1 aliphatic rings. The lowest BCUT2D eigenvalue weighted by atomic mass is 10.0. The maximum atomic E-state index is 6.16. The summed E-state index contributed by atoms with van der Waals surface area (Å²) >= 11 is 1.91. The minimum absolute atomic E-state index is 0.949. The number of para-hydroxylation sites is 8. The molecule has 0 saturated carbocycles. The molecular weight excluding hydrogens is 1300 g/mol. The maximum Gasteiger partial charge on any atom is 0.159 e. The number of rotatable bonds is 0. The molecular formula is C96H67N5O3S. The zero-order chi connectivity index (χ0) is 69.9. The van der Waals surface area contributed by atoms with Gasteiger partial charge in [0.05, 0.1) is 27.5 Å². The molecule has 9 aromatic heterocycles. The van der Waals surface area contributed by atoms with Crippen LogP contribution in [0.2, 0.25) is 0 Å². The third kappa shape index (κ3) is 9.17. The van der Waals surface area contributed by atoms with Gasteiger partial charge in [-0.25, -0.2) is 0 Å². The number of aromatic nitrogens is 5. The predicted octanol–water partition coefficient (Wildman–Crippen LogP) is 26.3. The van der Waals surface area contributed by atoms with Crippen molar-refractivity contribution in [3.05, 3.63) is 314 Å². The Kier molecular flexibility index (Phi) is 13.6. The molecule has 0 bridgehead atoms. The first-order valence-corrected chi connectivity index (χ1v) is 36.7. The van der Waals surface area contributed by atoms with E-state index in [1.807, 2.05) is 47.7 Å². The first kappa shape index (κ1) is 60.7. The molecule has 105 heavy (non-hydrogen) atoms. The molecule has 9 heteroatoms. The Labute approximate surface area is 605 Å². The van der Waals surface area contributed by atoms with Crippen molar-refractivity contribution < 1.29 is 13.3 Å². The van der Waals surface area contributed by atoms with Crippen molar-refractivity contribution >= 4 is 206 Å². The number of furan rings is 3. The highest BCUT2D eigenvalue weighted by Gasteiger charge is 2.23. The topological polar surface area (TPSA) is 64.1 Å². The lowest BCUT2D eigenvalue weighted by Crippen LogP contribution is -1.87. The van der Waals surface area contributed by atoms with Gasteiger partial charge in [0.15, 0.2) is 5.58 Å². The van der Waals surface area contributed by atoms with Crippen molar-refractivity contribution in [3.8, 4) is 11.1 Å². The average Bonchev–Trinajstić information content (AvgIpc) is 1.60. The van der Waals surface area contributed by atoms with Crippen LogP contribution in [0.15, 0.2) is 317 Å². The van der Waals surface area contributed by atoms with Gasteiger partial charge in [-0.15, -0.1) is 11.3 Å². The van der Waals surface area contributed by atoms with E-state index in [-0.39, 0.29) is 0 Å². The van der Waals surface area contributed by atoms with Crippen molar-refractivity contribution in [1.29, 1.82) is 0 Å². The number of fused-ring (bicyclic) bond motifs is 33. The maximum absolute atomic E-state index is 6.16. The minimum atomic E-state index is 0.949. The fraction of sp³-hybridized carbons (Fsp3) is 0.0625. The summed E-state index contributed by atoms with van der Waals surface area (Å²) in [7, 11) is 10.7. The summed E-state index contributed by atoms with van der Waals surface area (Å²) < 4.78 is 32.3. The molecule has 0 spiro atoms. The summed E-state index contributed by atoms with van der Waals surface area (Å²) in [6.07, 6.45) is 1.06. The molecule has 15 aromatic carbocycles.